The van der Waals surface area contributed by atoms with Crippen LogP contribution in [0.4, 0.5) is 5.69 Å². The molecule has 1 saturated heterocycles. The van der Waals surface area contributed by atoms with Crippen molar-refractivity contribution in [1.29, 1.82) is 0 Å². The van der Waals surface area contributed by atoms with Crippen LogP contribution in [0.25, 0.3) is 0 Å². The number of amides is 1. The Labute approximate surface area is 163 Å². The molecule has 1 fully saturated rings. The average Bonchev–Trinajstić information content (AvgIpc) is 2.73. The first-order valence-corrected chi connectivity index (χ1v) is 10.0. The van der Waals surface area contributed by atoms with Crippen molar-refractivity contribution in [2.75, 3.05) is 31.1 Å². The van der Waals surface area contributed by atoms with Crippen molar-refractivity contribution in [3.8, 4) is 0 Å². The summed E-state index contributed by atoms with van der Waals surface area (Å²) in [5.74, 6) is 0.215. The lowest BCUT2D eigenvalue weighted by Crippen LogP contribution is -2.46. The van der Waals surface area contributed by atoms with Gasteiger partial charge in [0.05, 0.1) is 0 Å². The molecular formula is C23H31N3O. The molecule has 0 bridgehead atoms. The number of anilines is 1. The van der Waals surface area contributed by atoms with Crippen LogP contribution in [0.3, 0.4) is 0 Å². The molecule has 2 aromatic rings. The largest absolute Gasteiger partial charge is 0.369 e. The molecule has 4 heteroatoms. The van der Waals surface area contributed by atoms with Gasteiger partial charge in [0.2, 0.25) is 5.91 Å². The highest BCUT2D eigenvalue weighted by atomic mass is 16.1. The number of carbonyl (C=O) groups is 1. The summed E-state index contributed by atoms with van der Waals surface area (Å²) in [5.41, 5.74) is 3.85. The Balaban J connectivity index is 1.55. The highest BCUT2D eigenvalue weighted by molar-refractivity contribution is 5.78. The van der Waals surface area contributed by atoms with Crippen molar-refractivity contribution < 1.29 is 4.79 Å². The van der Waals surface area contributed by atoms with Crippen molar-refractivity contribution >= 4 is 11.6 Å². The smallest absolute Gasteiger partial charge is 0.223 e. The first kappa shape index (κ1) is 19.4. The molecule has 0 saturated carbocycles. The van der Waals surface area contributed by atoms with Crippen LogP contribution in [0.1, 0.15) is 31.4 Å². The van der Waals surface area contributed by atoms with E-state index in [-0.39, 0.29) is 11.8 Å². The summed E-state index contributed by atoms with van der Waals surface area (Å²) >= 11 is 0. The molecule has 3 rings (SSSR count). The number of hydrogen-bond acceptors (Lipinski definition) is 3. The second-order valence-corrected chi connectivity index (χ2v) is 7.39. The molecule has 1 amide bonds. The maximum absolute atomic E-state index is 12.1. The van der Waals surface area contributed by atoms with Gasteiger partial charge in [-0.05, 0) is 29.7 Å². The van der Waals surface area contributed by atoms with Gasteiger partial charge in [-0.15, -0.1) is 0 Å². The summed E-state index contributed by atoms with van der Waals surface area (Å²) in [4.78, 5) is 17.1. The number of carbonyl (C=O) groups excluding carboxylic acids is 1. The van der Waals surface area contributed by atoms with Crippen molar-refractivity contribution in [3.63, 3.8) is 0 Å². The Morgan fingerprint density at radius 2 is 1.59 bits per heavy atom. The minimum Gasteiger partial charge on any atom is -0.369 e. The lowest BCUT2D eigenvalue weighted by atomic mass is 10.1. The predicted octanol–water partition coefficient (Wildman–Crippen LogP) is 3.67. The molecular weight excluding hydrogens is 334 g/mol. The van der Waals surface area contributed by atoms with Crippen LogP contribution in [0.15, 0.2) is 54.6 Å². The van der Waals surface area contributed by atoms with Gasteiger partial charge in [0, 0.05) is 50.9 Å². The number of rotatable bonds is 7. The van der Waals surface area contributed by atoms with Gasteiger partial charge in [-0.3, -0.25) is 9.69 Å². The van der Waals surface area contributed by atoms with E-state index < -0.39 is 0 Å². The zero-order valence-corrected chi connectivity index (χ0v) is 16.5. The maximum atomic E-state index is 12.1. The van der Waals surface area contributed by atoms with Crippen LogP contribution >= 0.6 is 0 Å². The topological polar surface area (TPSA) is 35.6 Å². The van der Waals surface area contributed by atoms with E-state index in [4.69, 9.17) is 0 Å². The Morgan fingerprint density at radius 3 is 2.26 bits per heavy atom. The van der Waals surface area contributed by atoms with Gasteiger partial charge in [-0.25, -0.2) is 0 Å². The van der Waals surface area contributed by atoms with E-state index in [0.717, 1.165) is 39.1 Å². The van der Waals surface area contributed by atoms with Crippen molar-refractivity contribution in [1.82, 2.24) is 10.2 Å². The fourth-order valence-electron chi connectivity index (χ4n) is 3.47. The Hall–Kier alpha value is -2.33. The monoisotopic (exact) mass is 365 g/mol. The van der Waals surface area contributed by atoms with Crippen molar-refractivity contribution in [3.05, 3.63) is 65.7 Å². The molecule has 0 aliphatic carbocycles. The summed E-state index contributed by atoms with van der Waals surface area (Å²) in [7, 11) is 0. The fraction of sp³-hybridized carbons (Fsp3) is 0.435. The van der Waals surface area contributed by atoms with Crippen LogP contribution in [0.5, 0.6) is 0 Å². The third kappa shape index (κ3) is 5.33. The normalized spacial score (nSPS) is 16.1. The number of piperazine rings is 1. The summed E-state index contributed by atoms with van der Waals surface area (Å²) in [6.07, 6.45) is 0.874. The molecule has 144 valence electrons. The molecule has 1 aliphatic rings. The lowest BCUT2D eigenvalue weighted by Gasteiger charge is -2.36. The van der Waals surface area contributed by atoms with E-state index in [1.54, 1.807) is 0 Å². The molecule has 1 atom stereocenters. The zero-order chi connectivity index (χ0) is 19.1. The van der Waals surface area contributed by atoms with Crippen LogP contribution < -0.4 is 10.2 Å². The summed E-state index contributed by atoms with van der Waals surface area (Å²) in [6.45, 7) is 9.81. The standard InChI is InChI=1S/C23H31N3O/c1-3-19(2)23(27)24-17-20-9-7-8-10-21(20)18-25-13-15-26(16-14-25)22-11-5-4-6-12-22/h4-12,19H,3,13-18H2,1-2H3,(H,24,27). The van der Waals surface area contributed by atoms with E-state index in [9.17, 15) is 4.79 Å². The van der Waals surface area contributed by atoms with Gasteiger partial charge >= 0.3 is 0 Å². The van der Waals surface area contributed by atoms with E-state index in [1.165, 1.54) is 16.8 Å². The minimum atomic E-state index is 0.0724. The van der Waals surface area contributed by atoms with Gasteiger partial charge < -0.3 is 10.2 Å². The second kappa shape index (κ2) is 9.56. The van der Waals surface area contributed by atoms with E-state index in [2.05, 4.69) is 69.7 Å². The SMILES string of the molecule is CCC(C)C(=O)NCc1ccccc1CN1CCN(c2ccccc2)CC1. The van der Waals surface area contributed by atoms with Gasteiger partial charge in [0.25, 0.3) is 0 Å². The second-order valence-electron chi connectivity index (χ2n) is 7.39. The minimum absolute atomic E-state index is 0.0724. The first-order valence-electron chi connectivity index (χ1n) is 10.0. The highest BCUT2D eigenvalue weighted by Crippen LogP contribution is 2.18. The molecule has 1 heterocycles. The van der Waals surface area contributed by atoms with Crippen molar-refractivity contribution in [2.45, 2.75) is 33.4 Å². The molecule has 0 radical (unpaired) electrons. The van der Waals surface area contributed by atoms with Gasteiger partial charge in [0.15, 0.2) is 0 Å². The molecule has 4 nitrogen and oxygen atoms in total. The molecule has 1 unspecified atom stereocenters. The Kier molecular flexibility index (Phi) is 6.88. The van der Waals surface area contributed by atoms with Crippen LogP contribution in [0, 0.1) is 5.92 Å². The number of nitrogens with one attached hydrogen (secondary N) is 1. The van der Waals surface area contributed by atoms with Crippen LogP contribution in [0.2, 0.25) is 0 Å². The maximum Gasteiger partial charge on any atom is 0.223 e. The molecule has 1 N–H and O–H groups in total. The van der Waals surface area contributed by atoms with Gasteiger partial charge in [-0.2, -0.15) is 0 Å². The van der Waals surface area contributed by atoms with Gasteiger partial charge in [-0.1, -0.05) is 56.3 Å². The summed E-state index contributed by atoms with van der Waals surface area (Å²) < 4.78 is 0. The zero-order valence-electron chi connectivity index (χ0n) is 16.5. The number of benzene rings is 2. The fourth-order valence-corrected chi connectivity index (χ4v) is 3.47. The van der Waals surface area contributed by atoms with E-state index in [0.29, 0.717) is 6.54 Å². The molecule has 0 spiro atoms. The number of hydrogen-bond donors (Lipinski definition) is 1. The molecule has 0 aromatic heterocycles. The van der Waals surface area contributed by atoms with E-state index >= 15 is 0 Å². The summed E-state index contributed by atoms with van der Waals surface area (Å²) in [6, 6.07) is 19.1. The summed E-state index contributed by atoms with van der Waals surface area (Å²) in [5, 5.41) is 3.09. The third-order valence-corrected chi connectivity index (χ3v) is 5.52. The predicted molar refractivity (Wildman–Crippen MR) is 112 cm³/mol. The molecule has 1 aliphatic heterocycles. The Morgan fingerprint density at radius 1 is 0.963 bits per heavy atom. The van der Waals surface area contributed by atoms with Crippen LogP contribution in [-0.4, -0.2) is 37.0 Å². The lowest BCUT2D eigenvalue weighted by molar-refractivity contribution is -0.124. The van der Waals surface area contributed by atoms with Gasteiger partial charge in [0.1, 0.15) is 0 Å². The number of para-hydroxylation sites is 1. The number of nitrogens with zero attached hydrogens (tertiary/aromatic N) is 2. The third-order valence-electron chi connectivity index (χ3n) is 5.52. The molecule has 27 heavy (non-hydrogen) atoms. The quantitative estimate of drug-likeness (QED) is 0.813. The van der Waals surface area contributed by atoms with E-state index in [1.807, 2.05) is 13.8 Å². The first-order chi connectivity index (χ1) is 13.2. The average molecular weight is 366 g/mol. The molecule has 2 aromatic carbocycles. The highest BCUT2D eigenvalue weighted by Gasteiger charge is 2.18. The van der Waals surface area contributed by atoms with Crippen molar-refractivity contribution in [2.24, 2.45) is 5.92 Å². The Bertz CT molecular complexity index is 723. The van der Waals surface area contributed by atoms with Crippen LogP contribution in [-0.2, 0) is 17.9 Å².